The van der Waals surface area contributed by atoms with Crippen LogP contribution in [-0.4, -0.2) is 55.4 Å². The van der Waals surface area contributed by atoms with E-state index in [0.29, 0.717) is 10.7 Å². The first kappa shape index (κ1) is 30.4. The number of carbonyl (C=O) groups is 1. The van der Waals surface area contributed by atoms with Crippen LogP contribution in [0.5, 0.6) is 0 Å². The number of benzene rings is 4. The summed E-state index contributed by atoms with van der Waals surface area (Å²) in [5.74, 6) is -0.263. The van der Waals surface area contributed by atoms with Crippen LogP contribution in [0.4, 0.5) is 0 Å². The summed E-state index contributed by atoms with van der Waals surface area (Å²) in [7, 11) is 3.43. The Morgan fingerprint density at radius 1 is 0.729 bits per heavy atom. The van der Waals surface area contributed by atoms with Gasteiger partial charge in [0.15, 0.2) is 11.3 Å². The van der Waals surface area contributed by atoms with Crippen LogP contribution in [-0.2, 0) is 17.9 Å². The molecule has 8 rings (SSSR count). The second kappa shape index (κ2) is 11.6. The van der Waals surface area contributed by atoms with Crippen LogP contribution in [0.15, 0.2) is 107 Å². The van der Waals surface area contributed by atoms with E-state index in [4.69, 9.17) is 12.2 Å². The first-order valence-corrected chi connectivity index (χ1v) is 17.1. The third-order valence-electron chi connectivity index (χ3n) is 10.3. The number of allylic oxidation sites excluding steroid dienone is 5. The summed E-state index contributed by atoms with van der Waals surface area (Å²) < 4.78 is 4.71. The molecule has 1 amide bonds. The average Bonchev–Trinajstić information content (AvgIpc) is 3.76. The molecule has 1 aliphatic carbocycles. The molecule has 2 fully saturated rings. The minimum absolute atomic E-state index is 0.263. The van der Waals surface area contributed by atoms with Gasteiger partial charge in [-0.1, -0.05) is 72.8 Å². The van der Waals surface area contributed by atoms with E-state index < -0.39 is 6.23 Å². The molecule has 1 atom stereocenters. The number of hydrogen-bond donors (Lipinski definition) is 1. The summed E-state index contributed by atoms with van der Waals surface area (Å²) in [6, 6.07) is 25.9. The number of nitrogens with zero attached hydrogens (tertiary/aromatic N) is 4. The zero-order valence-corrected chi connectivity index (χ0v) is 28.5. The number of rotatable bonds is 4. The van der Waals surface area contributed by atoms with E-state index in [2.05, 4.69) is 120 Å². The Hall–Kier alpha value is -4.98. The number of aliphatic hydroxyl groups is 1. The lowest BCUT2D eigenvalue weighted by Gasteiger charge is -2.38. The summed E-state index contributed by atoms with van der Waals surface area (Å²) in [6.45, 7) is 6.03. The Bertz CT molecular complexity index is 2370. The maximum absolute atomic E-state index is 13.9. The lowest BCUT2D eigenvalue weighted by atomic mass is 9.95. The smallest absolute Gasteiger partial charge is 0.260 e. The molecule has 2 aliphatic rings. The average molecular weight is 651 g/mol. The van der Waals surface area contributed by atoms with Crippen molar-refractivity contribution >= 4 is 78.7 Å². The summed E-state index contributed by atoms with van der Waals surface area (Å²) >= 11 is 5.51. The summed E-state index contributed by atoms with van der Waals surface area (Å²) in [6.07, 6.45) is 9.08. The van der Waals surface area contributed by atoms with Gasteiger partial charge in [-0.3, -0.25) is 9.69 Å². The zero-order chi connectivity index (χ0) is 33.3. The lowest BCUT2D eigenvalue weighted by Crippen LogP contribution is -2.55. The van der Waals surface area contributed by atoms with Gasteiger partial charge >= 0.3 is 0 Å². The quantitative estimate of drug-likeness (QED) is 0.173. The SMILES string of the molecule is CCn1/c(=C\C=C2\CC/C(=C/C=c3/c4cccc5cccc(c54)n3CC)C2=C2C(=O)N(C)C(=S)N(C)C2O)c2cccc3cccc1c32. The van der Waals surface area contributed by atoms with Crippen LogP contribution in [0.25, 0.3) is 55.5 Å². The molecule has 1 N–H and O–H groups in total. The molecule has 3 heterocycles. The molecule has 4 aromatic carbocycles. The number of aryl methyl sites for hydroxylation is 2. The Labute approximate surface area is 284 Å². The molecule has 7 heteroatoms. The van der Waals surface area contributed by atoms with Crippen molar-refractivity contribution in [3.63, 3.8) is 0 Å². The van der Waals surface area contributed by atoms with Crippen molar-refractivity contribution < 1.29 is 9.90 Å². The van der Waals surface area contributed by atoms with Crippen LogP contribution in [0, 0.1) is 0 Å². The fourth-order valence-electron chi connectivity index (χ4n) is 8.02. The normalized spacial score (nSPS) is 20.2. The molecule has 0 radical (unpaired) electrons. The zero-order valence-electron chi connectivity index (χ0n) is 27.7. The maximum Gasteiger partial charge on any atom is 0.260 e. The molecule has 1 saturated carbocycles. The molecule has 6 nitrogen and oxygen atoms in total. The predicted molar refractivity (Wildman–Crippen MR) is 201 cm³/mol. The minimum Gasteiger partial charge on any atom is -0.369 e. The van der Waals surface area contributed by atoms with Gasteiger partial charge in [0.2, 0.25) is 0 Å². The standard InChI is InChI=1S/C41H38N4O2S/c1-5-44-31(29-15-7-11-25-13-9-17-33(44)36(25)29)23-21-27-19-20-28(35(27)38-39(46)42(3)41(48)43(4)40(38)47)22-24-32-30-16-8-12-26-14-10-18-34(37(26)30)45(32)6-2/h7-18,21-24,39,46H,5-6,19-20H2,1-4H3/b27-21-,28-22-,31-23-,32-24-. The van der Waals surface area contributed by atoms with Gasteiger partial charge in [0.05, 0.1) is 5.57 Å². The van der Waals surface area contributed by atoms with E-state index in [-0.39, 0.29) is 5.91 Å². The number of hydrogen-bond acceptors (Lipinski definition) is 3. The van der Waals surface area contributed by atoms with Crippen molar-refractivity contribution in [2.24, 2.45) is 0 Å². The number of thiocarbonyl (C=S) groups is 1. The highest BCUT2D eigenvalue weighted by Crippen LogP contribution is 2.41. The van der Waals surface area contributed by atoms with Gasteiger partial charge in [-0.25, -0.2) is 0 Å². The monoisotopic (exact) mass is 650 g/mol. The Kier molecular flexibility index (Phi) is 7.35. The number of carbonyl (C=O) groups excluding carboxylic acids is 1. The number of amides is 1. The fourth-order valence-corrected chi connectivity index (χ4v) is 8.21. The maximum atomic E-state index is 13.9. The first-order valence-electron chi connectivity index (χ1n) is 16.7. The Morgan fingerprint density at radius 2 is 1.19 bits per heavy atom. The van der Waals surface area contributed by atoms with Crippen LogP contribution >= 0.6 is 12.2 Å². The highest BCUT2D eigenvalue weighted by molar-refractivity contribution is 7.80. The van der Waals surface area contributed by atoms with Gasteiger partial charge in [0.1, 0.15) is 0 Å². The Morgan fingerprint density at radius 3 is 1.65 bits per heavy atom. The molecule has 6 aromatic rings. The van der Waals surface area contributed by atoms with Crippen LogP contribution in [0.1, 0.15) is 26.7 Å². The molecular weight excluding hydrogens is 613 g/mol. The van der Waals surface area contributed by atoms with Gasteiger partial charge < -0.3 is 19.1 Å². The van der Waals surface area contributed by atoms with E-state index in [0.717, 1.165) is 53.3 Å². The molecule has 0 bridgehead atoms. The number of likely N-dealkylation sites (N-methyl/N-ethyl adjacent to an activating group) is 2. The summed E-state index contributed by atoms with van der Waals surface area (Å²) in [5, 5.41) is 21.6. The van der Waals surface area contributed by atoms with Gasteiger partial charge in [-0.15, -0.1) is 0 Å². The van der Waals surface area contributed by atoms with E-state index in [1.165, 1.54) is 48.3 Å². The van der Waals surface area contributed by atoms with Crippen molar-refractivity contribution in [1.82, 2.24) is 18.9 Å². The van der Waals surface area contributed by atoms with Crippen LogP contribution in [0.3, 0.4) is 0 Å². The topological polar surface area (TPSA) is 53.6 Å². The van der Waals surface area contributed by atoms with Gasteiger partial charge in [-0.05, 0) is 90.7 Å². The molecule has 0 spiro atoms. The van der Waals surface area contributed by atoms with Crippen LogP contribution in [0.2, 0.25) is 0 Å². The number of aromatic nitrogens is 2. The molecule has 1 saturated heterocycles. The van der Waals surface area contributed by atoms with E-state index >= 15 is 0 Å². The summed E-state index contributed by atoms with van der Waals surface area (Å²) in [5.41, 5.74) is 5.69. The van der Waals surface area contributed by atoms with Crippen molar-refractivity contribution in [2.45, 2.75) is 46.0 Å². The van der Waals surface area contributed by atoms with Gasteiger partial charge in [0.25, 0.3) is 5.91 Å². The predicted octanol–water partition coefficient (Wildman–Crippen LogP) is 6.59. The third-order valence-corrected chi connectivity index (χ3v) is 10.9. The van der Waals surface area contributed by atoms with E-state index in [1.54, 1.807) is 19.0 Å². The molecule has 2 aromatic heterocycles. The second-order valence-electron chi connectivity index (χ2n) is 12.8. The lowest BCUT2D eigenvalue weighted by molar-refractivity contribution is -0.126. The molecule has 1 unspecified atom stereocenters. The molecule has 48 heavy (non-hydrogen) atoms. The minimum atomic E-state index is -1.14. The van der Waals surface area contributed by atoms with E-state index in [1.807, 2.05) is 0 Å². The molecular formula is C41H38N4O2S. The molecule has 240 valence electrons. The number of aliphatic hydroxyl groups excluding tert-OH is 1. The first-order chi connectivity index (χ1) is 23.3. The van der Waals surface area contributed by atoms with Crippen molar-refractivity contribution in [3.8, 4) is 0 Å². The highest BCUT2D eigenvalue weighted by atomic mass is 32.1. The van der Waals surface area contributed by atoms with Crippen molar-refractivity contribution in [1.29, 1.82) is 0 Å². The van der Waals surface area contributed by atoms with Crippen LogP contribution < -0.4 is 10.7 Å². The van der Waals surface area contributed by atoms with Gasteiger partial charge in [-0.2, -0.15) is 0 Å². The largest absolute Gasteiger partial charge is 0.369 e. The van der Waals surface area contributed by atoms with Gasteiger partial charge in [0, 0.05) is 70.5 Å². The van der Waals surface area contributed by atoms with Crippen molar-refractivity contribution in [3.05, 3.63) is 118 Å². The fraction of sp³-hybridized carbons (Fsp3) is 0.220. The Balaban J connectivity index is 1.37. The third kappa shape index (κ3) is 4.41. The second-order valence-corrected chi connectivity index (χ2v) is 13.1. The highest BCUT2D eigenvalue weighted by Gasteiger charge is 2.40. The van der Waals surface area contributed by atoms with E-state index in [9.17, 15) is 9.90 Å². The van der Waals surface area contributed by atoms with Crippen molar-refractivity contribution in [2.75, 3.05) is 14.1 Å². The molecule has 1 aliphatic heterocycles. The summed E-state index contributed by atoms with van der Waals surface area (Å²) in [4.78, 5) is 17.0.